The lowest BCUT2D eigenvalue weighted by Crippen LogP contribution is -2.45. The minimum atomic E-state index is -0.485. The fourth-order valence-electron chi connectivity index (χ4n) is 4.14. The fraction of sp³-hybridized carbons (Fsp3) is 0.579. The number of rotatable bonds is 5. The van der Waals surface area contributed by atoms with E-state index in [-0.39, 0.29) is 17.6 Å². The first-order chi connectivity index (χ1) is 13.2. The van der Waals surface area contributed by atoms with E-state index >= 15 is 0 Å². The summed E-state index contributed by atoms with van der Waals surface area (Å²) in [6, 6.07) is 3.45. The highest BCUT2D eigenvalue weighted by Crippen LogP contribution is 2.29. The summed E-state index contributed by atoms with van der Waals surface area (Å²) in [5.41, 5.74) is -0.143. The van der Waals surface area contributed by atoms with Gasteiger partial charge in [0.15, 0.2) is 0 Å². The standard InChI is InChI=1S/C19H26N6O2/c26-16-6-3-5-15(16)25-19(27)8-7-18(23-25)24-11-2-1-4-14(24)12-22-17-13-20-9-10-21-17/h7-10,13-16,26H,1-6,11-12H2,(H,21,22). The number of piperidine rings is 1. The lowest BCUT2D eigenvalue weighted by atomic mass is 10.0. The zero-order valence-corrected chi connectivity index (χ0v) is 15.4. The molecule has 2 aromatic rings. The number of hydrogen-bond acceptors (Lipinski definition) is 7. The van der Waals surface area contributed by atoms with Gasteiger partial charge in [-0.1, -0.05) is 0 Å². The van der Waals surface area contributed by atoms with Crippen LogP contribution in [0.5, 0.6) is 0 Å². The molecule has 2 N–H and O–H groups in total. The molecule has 4 rings (SSSR count). The summed E-state index contributed by atoms with van der Waals surface area (Å²) in [6.07, 6.45) is 10.4. The van der Waals surface area contributed by atoms with Gasteiger partial charge in [-0.2, -0.15) is 5.10 Å². The van der Waals surface area contributed by atoms with E-state index in [0.29, 0.717) is 0 Å². The molecule has 2 aromatic heterocycles. The van der Waals surface area contributed by atoms with Crippen LogP contribution in [0.1, 0.15) is 44.6 Å². The molecule has 1 aliphatic heterocycles. The van der Waals surface area contributed by atoms with Crippen LogP contribution < -0.4 is 15.8 Å². The average molecular weight is 370 g/mol. The van der Waals surface area contributed by atoms with Gasteiger partial charge >= 0.3 is 0 Å². The predicted octanol–water partition coefficient (Wildman–Crippen LogP) is 1.59. The normalized spacial score (nSPS) is 25.5. The van der Waals surface area contributed by atoms with Crippen molar-refractivity contribution in [2.45, 2.75) is 56.7 Å². The SMILES string of the molecule is O=c1ccc(N2CCCCC2CNc2cnccn2)nn1C1CCCC1O. The first-order valence-corrected chi connectivity index (χ1v) is 9.77. The Morgan fingerprint density at radius 1 is 1.15 bits per heavy atom. The summed E-state index contributed by atoms with van der Waals surface area (Å²) in [4.78, 5) is 22.9. The maximum Gasteiger partial charge on any atom is 0.267 e. The van der Waals surface area contributed by atoms with Crippen LogP contribution in [-0.4, -0.2) is 50.1 Å². The molecule has 2 fully saturated rings. The molecule has 0 bridgehead atoms. The second-order valence-corrected chi connectivity index (χ2v) is 7.35. The van der Waals surface area contributed by atoms with Gasteiger partial charge in [0.05, 0.1) is 18.3 Å². The Kier molecular flexibility index (Phi) is 5.33. The number of aliphatic hydroxyl groups is 1. The van der Waals surface area contributed by atoms with Crippen molar-refractivity contribution < 1.29 is 5.11 Å². The number of aliphatic hydroxyl groups excluding tert-OH is 1. The highest BCUT2D eigenvalue weighted by atomic mass is 16.3. The lowest BCUT2D eigenvalue weighted by Gasteiger charge is -2.37. The Morgan fingerprint density at radius 3 is 2.85 bits per heavy atom. The van der Waals surface area contributed by atoms with E-state index in [9.17, 15) is 9.90 Å². The molecule has 27 heavy (non-hydrogen) atoms. The molecule has 8 heteroatoms. The van der Waals surface area contributed by atoms with Crippen LogP contribution in [0.25, 0.3) is 0 Å². The van der Waals surface area contributed by atoms with Gasteiger partial charge < -0.3 is 15.3 Å². The number of nitrogens with one attached hydrogen (secondary N) is 1. The van der Waals surface area contributed by atoms with Gasteiger partial charge in [0, 0.05) is 37.6 Å². The monoisotopic (exact) mass is 370 g/mol. The summed E-state index contributed by atoms with van der Waals surface area (Å²) in [6.45, 7) is 1.65. The Labute approximate surface area is 158 Å². The van der Waals surface area contributed by atoms with Crippen LogP contribution in [0.15, 0.2) is 35.5 Å². The van der Waals surface area contributed by atoms with E-state index in [4.69, 9.17) is 0 Å². The molecule has 3 atom stereocenters. The summed E-state index contributed by atoms with van der Waals surface area (Å²) < 4.78 is 1.49. The minimum Gasteiger partial charge on any atom is -0.391 e. The van der Waals surface area contributed by atoms with Gasteiger partial charge in [-0.25, -0.2) is 9.67 Å². The van der Waals surface area contributed by atoms with Crippen LogP contribution in [0.3, 0.4) is 0 Å². The third-order valence-corrected chi connectivity index (χ3v) is 5.57. The van der Waals surface area contributed by atoms with Crippen LogP contribution >= 0.6 is 0 Å². The topological polar surface area (TPSA) is 96.2 Å². The van der Waals surface area contributed by atoms with Gasteiger partial charge in [0.1, 0.15) is 11.6 Å². The Hall–Kier alpha value is -2.48. The minimum absolute atomic E-state index is 0.143. The van der Waals surface area contributed by atoms with Crippen LogP contribution in [0.4, 0.5) is 11.6 Å². The van der Waals surface area contributed by atoms with Crippen LogP contribution in [-0.2, 0) is 0 Å². The zero-order chi connectivity index (χ0) is 18.6. The maximum absolute atomic E-state index is 12.3. The molecule has 1 saturated carbocycles. The van der Waals surface area contributed by atoms with Gasteiger partial charge in [-0.15, -0.1) is 0 Å². The molecule has 1 saturated heterocycles. The second-order valence-electron chi connectivity index (χ2n) is 7.35. The first-order valence-electron chi connectivity index (χ1n) is 9.77. The van der Waals surface area contributed by atoms with Crippen molar-refractivity contribution in [2.24, 2.45) is 0 Å². The molecule has 3 heterocycles. The molecule has 0 radical (unpaired) electrons. The van der Waals surface area contributed by atoms with E-state index in [1.807, 2.05) is 0 Å². The second kappa shape index (κ2) is 8.04. The largest absolute Gasteiger partial charge is 0.391 e. The first kappa shape index (κ1) is 17.9. The Bertz CT molecular complexity index is 811. The molecule has 3 unspecified atom stereocenters. The lowest BCUT2D eigenvalue weighted by molar-refractivity contribution is 0.127. The molecule has 1 aliphatic carbocycles. The summed E-state index contributed by atoms with van der Waals surface area (Å²) >= 11 is 0. The quantitative estimate of drug-likeness (QED) is 0.825. The number of hydrogen-bond donors (Lipinski definition) is 2. The summed E-state index contributed by atoms with van der Waals surface area (Å²) in [5.74, 6) is 1.56. The smallest absolute Gasteiger partial charge is 0.267 e. The van der Waals surface area contributed by atoms with Crippen LogP contribution in [0, 0.1) is 0 Å². The molecule has 2 aliphatic rings. The number of aromatic nitrogens is 4. The summed E-state index contributed by atoms with van der Waals surface area (Å²) in [7, 11) is 0. The van der Waals surface area contributed by atoms with Crippen molar-refractivity contribution in [3.05, 3.63) is 41.1 Å². The van der Waals surface area contributed by atoms with E-state index in [2.05, 4.69) is 25.3 Å². The predicted molar refractivity (Wildman–Crippen MR) is 103 cm³/mol. The van der Waals surface area contributed by atoms with E-state index in [1.165, 1.54) is 11.1 Å². The van der Waals surface area contributed by atoms with Gasteiger partial charge in [-0.3, -0.25) is 9.78 Å². The number of anilines is 2. The molecular formula is C19H26N6O2. The van der Waals surface area contributed by atoms with E-state index in [1.54, 1.807) is 30.7 Å². The van der Waals surface area contributed by atoms with Crippen molar-refractivity contribution >= 4 is 11.6 Å². The fourth-order valence-corrected chi connectivity index (χ4v) is 4.14. The van der Waals surface area contributed by atoms with Crippen molar-refractivity contribution in [2.75, 3.05) is 23.3 Å². The third-order valence-electron chi connectivity index (χ3n) is 5.57. The number of nitrogens with zero attached hydrogens (tertiary/aromatic N) is 5. The highest BCUT2D eigenvalue weighted by molar-refractivity contribution is 5.40. The third kappa shape index (κ3) is 3.95. The van der Waals surface area contributed by atoms with Crippen molar-refractivity contribution in [1.82, 2.24) is 19.7 Å². The van der Waals surface area contributed by atoms with E-state index in [0.717, 1.165) is 56.8 Å². The zero-order valence-electron chi connectivity index (χ0n) is 15.4. The molecule has 0 spiro atoms. The molecule has 8 nitrogen and oxygen atoms in total. The van der Waals surface area contributed by atoms with Gasteiger partial charge in [0.25, 0.3) is 5.56 Å². The molecule has 0 aromatic carbocycles. The van der Waals surface area contributed by atoms with E-state index < -0.39 is 6.10 Å². The summed E-state index contributed by atoms with van der Waals surface area (Å²) in [5, 5.41) is 18.2. The van der Waals surface area contributed by atoms with Crippen LogP contribution in [0.2, 0.25) is 0 Å². The highest BCUT2D eigenvalue weighted by Gasteiger charge is 2.30. The van der Waals surface area contributed by atoms with Crippen molar-refractivity contribution in [1.29, 1.82) is 0 Å². The van der Waals surface area contributed by atoms with Crippen molar-refractivity contribution in [3.63, 3.8) is 0 Å². The average Bonchev–Trinajstić information content (AvgIpc) is 3.13. The molecule has 0 amide bonds. The molecular weight excluding hydrogens is 344 g/mol. The maximum atomic E-state index is 12.3. The van der Waals surface area contributed by atoms with Gasteiger partial charge in [-0.05, 0) is 44.6 Å². The van der Waals surface area contributed by atoms with Gasteiger partial charge in [0.2, 0.25) is 0 Å². The molecule has 144 valence electrons. The Morgan fingerprint density at radius 2 is 2.07 bits per heavy atom. The van der Waals surface area contributed by atoms with Crippen molar-refractivity contribution in [3.8, 4) is 0 Å². The Balaban J connectivity index is 1.53.